The number of aromatic nitrogens is 4. The minimum atomic E-state index is -4.74. The van der Waals surface area contributed by atoms with Crippen LogP contribution in [-0.4, -0.2) is 49.2 Å². The lowest BCUT2D eigenvalue weighted by Gasteiger charge is -2.50. The Hall–Kier alpha value is -3.22. The molecule has 0 spiro atoms. The van der Waals surface area contributed by atoms with E-state index in [1.54, 1.807) is 34.8 Å². The first-order valence-electron chi connectivity index (χ1n) is 9.71. The Morgan fingerprint density at radius 3 is 2.62 bits per heavy atom. The Labute approximate surface area is 202 Å². The van der Waals surface area contributed by atoms with Crippen molar-refractivity contribution in [3.8, 4) is 17.2 Å². The van der Waals surface area contributed by atoms with Crippen LogP contribution in [0.3, 0.4) is 0 Å². The molecule has 14 heteroatoms. The monoisotopic (exact) mass is 591 g/mol. The van der Waals surface area contributed by atoms with Crippen LogP contribution >= 0.6 is 22.6 Å². The third-order valence-corrected chi connectivity index (χ3v) is 6.46. The van der Waals surface area contributed by atoms with E-state index in [1.807, 2.05) is 0 Å². The highest BCUT2D eigenvalue weighted by atomic mass is 127. The summed E-state index contributed by atoms with van der Waals surface area (Å²) in [7, 11) is 0. The highest BCUT2D eigenvalue weighted by Crippen LogP contribution is 2.38. The fraction of sp³-hybridized carbons (Fsp3) is 0.300. The summed E-state index contributed by atoms with van der Waals surface area (Å²) < 4.78 is 66.6. The third-order valence-electron chi connectivity index (χ3n) is 5.45. The zero-order chi connectivity index (χ0) is 24.7. The van der Waals surface area contributed by atoms with E-state index in [0.717, 1.165) is 39.8 Å². The van der Waals surface area contributed by atoms with Gasteiger partial charge in [0, 0.05) is 42.7 Å². The molecule has 3 aromatic rings. The second-order valence-corrected chi connectivity index (χ2v) is 8.98. The van der Waals surface area contributed by atoms with Crippen molar-refractivity contribution in [2.45, 2.75) is 22.2 Å². The largest absolute Gasteiger partial charge is 0.417 e. The first-order chi connectivity index (χ1) is 16.0. The zero-order valence-electron chi connectivity index (χ0n) is 17.1. The van der Waals surface area contributed by atoms with Crippen LogP contribution in [0, 0.1) is 23.0 Å². The van der Waals surface area contributed by atoms with Crippen LogP contribution in [0.25, 0.3) is 11.1 Å². The van der Waals surface area contributed by atoms with Gasteiger partial charge in [-0.3, -0.25) is 14.6 Å². The van der Waals surface area contributed by atoms with Gasteiger partial charge in [-0.1, -0.05) is 0 Å². The van der Waals surface area contributed by atoms with Crippen molar-refractivity contribution < 1.29 is 26.7 Å². The molecule has 34 heavy (non-hydrogen) atoms. The summed E-state index contributed by atoms with van der Waals surface area (Å²) in [6.07, 6.45) is 1.92. The summed E-state index contributed by atoms with van der Waals surface area (Å²) in [6, 6.07) is 3.41. The van der Waals surface area contributed by atoms with Crippen molar-refractivity contribution in [2.75, 3.05) is 18.0 Å². The lowest BCUT2D eigenvalue weighted by molar-refractivity contribution is -0.128. The first-order valence-corrected chi connectivity index (χ1v) is 11.0. The number of carbonyl (C=O) groups is 1. The molecule has 1 saturated heterocycles. The minimum Gasteiger partial charge on any atom is -0.364 e. The van der Waals surface area contributed by atoms with Gasteiger partial charge in [-0.2, -0.15) is 28.6 Å². The van der Waals surface area contributed by atoms with Crippen LogP contribution in [0.2, 0.25) is 0 Å². The summed E-state index contributed by atoms with van der Waals surface area (Å²) in [5.41, 5.74) is -0.267. The molecular formula is C20H15F5IN7O. The van der Waals surface area contributed by atoms with E-state index in [9.17, 15) is 32.0 Å². The number of benzene rings is 1. The standard InChI is InChI=1S/C20H15F5IN7O/c21-14-4-16(15(22)3-13(14)17(34)31-18(26)20(23,24)25)32-9-19(10-32,1-2-27)33-8-12(7-30-33)11-5-28-29-6-11/h3-8,18H,1,9-10H2,(H,28,29)(H,31,34)/t18-/m1/s1. The van der Waals surface area contributed by atoms with Crippen molar-refractivity contribution in [3.63, 3.8) is 0 Å². The van der Waals surface area contributed by atoms with Crippen molar-refractivity contribution in [1.82, 2.24) is 25.3 Å². The average molecular weight is 591 g/mol. The predicted octanol–water partition coefficient (Wildman–Crippen LogP) is 3.73. The number of amides is 1. The third kappa shape index (κ3) is 4.43. The first kappa shape index (κ1) is 23.9. The molecule has 0 unspecified atom stereocenters. The van der Waals surface area contributed by atoms with Gasteiger partial charge >= 0.3 is 6.18 Å². The Balaban J connectivity index is 1.53. The number of H-pyrrole nitrogens is 1. The second kappa shape index (κ2) is 8.85. The summed E-state index contributed by atoms with van der Waals surface area (Å²) >= 11 is 0.944. The molecule has 0 radical (unpaired) electrons. The molecule has 0 aliphatic carbocycles. The van der Waals surface area contributed by atoms with E-state index in [1.165, 1.54) is 4.90 Å². The topological polar surface area (TPSA) is 103 Å². The van der Waals surface area contributed by atoms with Crippen LogP contribution < -0.4 is 10.2 Å². The lowest BCUT2D eigenvalue weighted by atomic mass is 9.86. The Morgan fingerprint density at radius 1 is 1.26 bits per heavy atom. The molecule has 178 valence electrons. The quantitative estimate of drug-likeness (QED) is 0.197. The highest BCUT2D eigenvalue weighted by Gasteiger charge is 2.47. The molecular weight excluding hydrogens is 576 g/mol. The number of halogens is 6. The molecule has 8 nitrogen and oxygen atoms in total. The van der Waals surface area contributed by atoms with Gasteiger partial charge in [0.2, 0.25) is 0 Å². The number of nitriles is 1. The smallest absolute Gasteiger partial charge is 0.364 e. The maximum Gasteiger partial charge on any atom is 0.417 e. The van der Waals surface area contributed by atoms with Gasteiger partial charge in [-0.05, 0) is 28.7 Å². The van der Waals surface area contributed by atoms with E-state index in [4.69, 9.17) is 0 Å². The second-order valence-electron chi connectivity index (χ2n) is 7.74. The molecule has 1 amide bonds. The van der Waals surface area contributed by atoms with Crippen LogP contribution in [0.4, 0.5) is 27.6 Å². The molecule has 2 aromatic heterocycles. The van der Waals surface area contributed by atoms with Crippen molar-refractivity contribution in [3.05, 3.63) is 54.1 Å². The Bertz CT molecular complexity index is 1250. The number of carbonyl (C=O) groups excluding carboxylic acids is 1. The van der Waals surface area contributed by atoms with Gasteiger partial charge in [0.15, 0.2) is 4.05 Å². The number of aromatic amines is 1. The highest BCUT2D eigenvalue weighted by molar-refractivity contribution is 14.1. The molecule has 0 bridgehead atoms. The molecule has 1 aliphatic rings. The van der Waals surface area contributed by atoms with Crippen LogP contribution in [0.15, 0.2) is 36.9 Å². The predicted molar refractivity (Wildman–Crippen MR) is 118 cm³/mol. The van der Waals surface area contributed by atoms with E-state index < -0.39 is 38.9 Å². The fourth-order valence-electron chi connectivity index (χ4n) is 3.69. The van der Waals surface area contributed by atoms with Crippen molar-refractivity contribution in [2.24, 2.45) is 0 Å². The van der Waals surface area contributed by atoms with E-state index >= 15 is 0 Å². The fourth-order valence-corrected chi connectivity index (χ4v) is 3.97. The van der Waals surface area contributed by atoms with E-state index in [-0.39, 0.29) is 25.2 Å². The minimum absolute atomic E-state index is 0.0507. The normalized spacial score (nSPS) is 16.0. The van der Waals surface area contributed by atoms with Crippen LogP contribution in [0.1, 0.15) is 16.8 Å². The van der Waals surface area contributed by atoms with Gasteiger partial charge in [-0.15, -0.1) is 0 Å². The zero-order valence-corrected chi connectivity index (χ0v) is 19.2. The number of nitrogens with one attached hydrogen (secondary N) is 2. The van der Waals surface area contributed by atoms with Crippen molar-refractivity contribution in [1.29, 1.82) is 5.26 Å². The number of hydrogen-bond donors (Lipinski definition) is 2. The summed E-state index contributed by atoms with van der Waals surface area (Å²) in [5, 5.41) is 21.8. The summed E-state index contributed by atoms with van der Waals surface area (Å²) in [4.78, 5) is 13.5. The van der Waals surface area contributed by atoms with Crippen LogP contribution in [0.5, 0.6) is 0 Å². The summed E-state index contributed by atoms with van der Waals surface area (Å²) in [5.74, 6) is -3.53. The van der Waals surface area contributed by atoms with Gasteiger partial charge in [0.05, 0.1) is 36.1 Å². The van der Waals surface area contributed by atoms with Gasteiger partial charge in [0.25, 0.3) is 5.91 Å². The maximum absolute atomic E-state index is 14.8. The van der Waals surface area contributed by atoms with E-state index in [2.05, 4.69) is 21.4 Å². The molecule has 0 saturated carbocycles. The van der Waals surface area contributed by atoms with Gasteiger partial charge < -0.3 is 10.2 Å². The molecule has 1 aliphatic heterocycles. The van der Waals surface area contributed by atoms with Crippen molar-refractivity contribution >= 4 is 34.2 Å². The van der Waals surface area contributed by atoms with E-state index in [0.29, 0.717) is 6.07 Å². The van der Waals surface area contributed by atoms with Crippen LogP contribution in [-0.2, 0) is 5.54 Å². The number of anilines is 1. The molecule has 1 fully saturated rings. The summed E-state index contributed by atoms with van der Waals surface area (Å²) in [6.45, 7) is 0.248. The Morgan fingerprint density at radius 2 is 2.00 bits per heavy atom. The number of hydrogen-bond acceptors (Lipinski definition) is 5. The number of rotatable bonds is 6. The molecule has 1 aromatic carbocycles. The number of nitrogens with zero attached hydrogens (tertiary/aromatic N) is 5. The lowest BCUT2D eigenvalue weighted by Crippen LogP contribution is -2.63. The maximum atomic E-state index is 14.8. The molecule has 4 rings (SSSR count). The molecule has 3 heterocycles. The molecule has 2 N–H and O–H groups in total. The Kier molecular flexibility index (Phi) is 6.23. The average Bonchev–Trinajstić information content (AvgIpc) is 3.43. The van der Waals surface area contributed by atoms with Gasteiger partial charge in [-0.25, -0.2) is 8.78 Å². The SMILES string of the molecule is N#CCC1(n2cc(-c3cn[nH]c3)cn2)CN(c2cc(F)c(C(=O)N[C@@H](I)C(F)(F)F)cc2F)C1. The number of alkyl halides is 4. The van der Waals surface area contributed by atoms with Gasteiger partial charge in [0.1, 0.15) is 17.2 Å². The molecule has 1 atom stereocenters.